The third-order valence-corrected chi connectivity index (χ3v) is 2.99. The molecular formula is C11H14BrFO3. The molecule has 1 rings (SSSR count). The van der Waals surface area contributed by atoms with Crippen LogP contribution in [0.15, 0.2) is 22.7 Å². The first-order valence-electron chi connectivity index (χ1n) is 4.76. The average molecular weight is 293 g/mol. The predicted molar refractivity (Wildman–Crippen MR) is 61.6 cm³/mol. The van der Waals surface area contributed by atoms with E-state index in [1.54, 1.807) is 6.07 Å². The minimum atomic E-state index is -0.840. The van der Waals surface area contributed by atoms with E-state index in [-0.39, 0.29) is 12.2 Å². The Morgan fingerprint density at radius 3 is 2.56 bits per heavy atom. The summed E-state index contributed by atoms with van der Waals surface area (Å²) in [4.78, 5) is 0. The fourth-order valence-electron chi connectivity index (χ4n) is 1.43. The smallest absolute Gasteiger partial charge is 0.183 e. The number of hydrogen-bond donors (Lipinski definition) is 1. The highest BCUT2D eigenvalue weighted by atomic mass is 79.9. The van der Waals surface area contributed by atoms with Gasteiger partial charge < -0.3 is 14.6 Å². The van der Waals surface area contributed by atoms with Crippen molar-refractivity contribution in [3.63, 3.8) is 0 Å². The quantitative estimate of drug-likeness (QED) is 0.845. The Morgan fingerprint density at radius 1 is 1.38 bits per heavy atom. The van der Waals surface area contributed by atoms with Crippen molar-refractivity contribution in [2.75, 3.05) is 14.2 Å². The van der Waals surface area contributed by atoms with Gasteiger partial charge in [0.05, 0.1) is 0 Å². The summed E-state index contributed by atoms with van der Waals surface area (Å²) in [6.45, 7) is 0. The monoisotopic (exact) mass is 292 g/mol. The van der Waals surface area contributed by atoms with Gasteiger partial charge in [-0.2, -0.15) is 0 Å². The maximum absolute atomic E-state index is 13.0. The highest BCUT2D eigenvalue weighted by Gasteiger charge is 2.19. The van der Waals surface area contributed by atoms with Crippen LogP contribution in [0.2, 0.25) is 0 Å². The summed E-state index contributed by atoms with van der Waals surface area (Å²) >= 11 is 3.29. The fourth-order valence-corrected chi connectivity index (χ4v) is 1.84. The number of ether oxygens (including phenoxy) is 2. The summed E-state index contributed by atoms with van der Waals surface area (Å²) in [5, 5.41) is 9.78. The molecule has 1 aromatic carbocycles. The van der Waals surface area contributed by atoms with E-state index in [1.165, 1.54) is 26.4 Å². The lowest BCUT2D eigenvalue weighted by atomic mass is 10.1. The Labute approximate surface area is 102 Å². The van der Waals surface area contributed by atoms with Gasteiger partial charge in [0.2, 0.25) is 0 Å². The Hall–Kier alpha value is -0.490. The second-order valence-corrected chi connectivity index (χ2v) is 4.20. The maximum atomic E-state index is 13.0. The molecule has 3 nitrogen and oxygen atoms in total. The molecule has 0 fully saturated rings. The van der Waals surface area contributed by atoms with Crippen LogP contribution in [0, 0.1) is 5.82 Å². The SMILES string of the molecule is COC(OC)C(O)Cc1cc(F)ccc1Br. The van der Waals surface area contributed by atoms with Crippen LogP contribution >= 0.6 is 15.9 Å². The van der Waals surface area contributed by atoms with Gasteiger partial charge in [-0.1, -0.05) is 15.9 Å². The van der Waals surface area contributed by atoms with E-state index in [0.29, 0.717) is 5.56 Å². The van der Waals surface area contributed by atoms with Gasteiger partial charge >= 0.3 is 0 Å². The third-order valence-electron chi connectivity index (χ3n) is 2.22. The molecule has 0 aliphatic rings. The summed E-state index contributed by atoms with van der Waals surface area (Å²) < 4.78 is 23.6. The molecule has 0 amide bonds. The van der Waals surface area contributed by atoms with Crippen molar-refractivity contribution in [3.8, 4) is 0 Å². The topological polar surface area (TPSA) is 38.7 Å². The number of benzene rings is 1. The number of aliphatic hydroxyl groups excluding tert-OH is 1. The molecule has 0 aromatic heterocycles. The summed E-state index contributed by atoms with van der Waals surface area (Å²) in [6, 6.07) is 4.33. The van der Waals surface area contributed by atoms with Gasteiger partial charge in [-0.05, 0) is 23.8 Å². The van der Waals surface area contributed by atoms with E-state index in [1.807, 2.05) is 0 Å². The number of aliphatic hydroxyl groups is 1. The standard InChI is InChI=1S/C11H14BrFO3/c1-15-11(16-2)10(14)6-7-5-8(13)3-4-9(7)12/h3-5,10-11,14H,6H2,1-2H3. The molecule has 0 saturated carbocycles. The summed E-state index contributed by atoms with van der Waals surface area (Å²) in [5.74, 6) is -0.336. The molecule has 16 heavy (non-hydrogen) atoms. The van der Waals surface area contributed by atoms with Crippen LogP contribution < -0.4 is 0 Å². The van der Waals surface area contributed by atoms with Crippen LogP contribution in [-0.2, 0) is 15.9 Å². The summed E-state index contributed by atoms with van der Waals surface area (Å²) in [7, 11) is 2.88. The predicted octanol–water partition coefficient (Wildman–Crippen LogP) is 2.11. The molecule has 1 atom stereocenters. The van der Waals surface area contributed by atoms with Crippen molar-refractivity contribution in [1.29, 1.82) is 0 Å². The molecular weight excluding hydrogens is 279 g/mol. The number of rotatable bonds is 5. The zero-order valence-corrected chi connectivity index (χ0v) is 10.7. The summed E-state index contributed by atoms with van der Waals surface area (Å²) in [5.41, 5.74) is 0.673. The number of hydrogen-bond acceptors (Lipinski definition) is 3. The van der Waals surface area contributed by atoms with Crippen molar-refractivity contribution < 1.29 is 19.0 Å². The molecule has 1 aromatic rings. The summed E-state index contributed by atoms with van der Waals surface area (Å²) in [6.07, 6.45) is -1.30. The Morgan fingerprint density at radius 2 is 2.00 bits per heavy atom. The molecule has 1 N–H and O–H groups in total. The van der Waals surface area contributed by atoms with Crippen molar-refractivity contribution >= 4 is 15.9 Å². The molecule has 90 valence electrons. The molecule has 0 heterocycles. The van der Waals surface area contributed by atoms with Crippen molar-refractivity contribution in [3.05, 3.63) is 34.1 Å². The number of halogens is 2. The van der Waals surface area contributed by atoms with Crippen LogP contribution in [-0.4, -0.2) is 31.7 Å². The highest BCUT2D eigenvalue weighted by Crippen LogP contribution is 2.20. The zero-order chi connectivity index (χ0) is 12.1. The minimum Gasteiger partial charge on any atom is -0.387 e. The van der Waals surface area contributed by atoms with Crippen LogP contribution in [0.5, 0.6) is 0 Å². The van der Waals surface area contributed by atoms with E-state index in [9.17, 15) is 9.50 Å². The normalized spacial score (nSPS) is 13.1. The Bertz CT molecular complexity index is 342. The third kappa shape index (κ3) is 3.52. The van der Waals surface area contributed by atoms with Gasteiger partial charge in [0.25, 0.3) is 0 Å². The fraction of sp³-hybridized carbons (Fsp3) is 0.455. The lowest BCUT2D eigenvalue weighted by Gasteiger charge is -2.20. The Balaban J connectivity index is 2.75. The van der Waals surface area contributed by atoms with Crippen molar-refractivity contribution in [2.24, 2.45) is 0 Å². The minimum absolute atomic E-state index is 0.255. The van der Waals surface area contributed by atoms with E-state index >= 15 is 0 Å². The molecule has 0 radical (unpaired) electrons. The largest absolute Gasteiger partial charge is 0.387 e. The van der Waals surface area contributed by atoms with Crippen LogP contribution in [0.25, 0.3) is 0 Å². The molecule has 0 saturated heterocycles. The van der Waals surface area contributed by atoms with Gasteiger partial charge in [-0.15, -0.1) is 0 Å². The van der Waals surface area contributed by atoms with Crippen LogP contribution in [0.1, 0.15) is 5.56 Å². The second kappa shape index (κ2) is 6.30. The molecule has 0 aliphatic heterocycles. The lowest BCUT2D eigenvalue weighted by molar-refractivity contribution is -0.163. The van der Waals surface area contributed by atoms with Crippen LogP contribution in [0.4, 0.5) is 4.39 Å². The Kier molecular flexibility index (Phi) is 5.34. The van der Waals surface area contributed by atoms with Gasteiger partial charge in [0.1, 0.15) is 11.9 Å². The second-order valence-electron chi connectivity index (χ2n) is 3.35. The first kappa shape index (κ1) is 13.6. The maximum Gasteiger partial charge on any atom is 0.183 e. The van der Waals surface area contributed by atoms with Crippen molar-refractivity contribution in [1.82, 2.24) is 0 Å². The first-order valence-corrected chi connectivity index (χ1v) is 5.55. The van der Waals surface area contributed by atoms with Gasteiger partial charge in [0.15, 0.2) is 6.29 Å². The van der Waals surface area contributed by atoms with E-state index in [4.69, 9.17) is 9.47 Å². The van der Waals surface area contributed by atoms with Gasteiger partial charge in [-0.25, -0.2) is 4.39 Å². The average Bonchev–Trinajstić information content (AvgIpc) is 2.25. The van der Waals surface area contributed by atoms with Crippen LogP contribution in [0.3, 0.4) is 0 Å². The lowest BCUT2D eigenvalue weighted by Crippen LogP contribution is -2.31. The van der Waals surface area contributed by atoms with Gasteiger partial charge in [0, 0.05) is 25.1 Å². The first-order chi connectivity index (χ1) is 7.58. The highest BCUT2D eigenvalue weighted by molar-refractivity contribution is 9.10. The zero-order valence-electron chi connectivity index (χ0n) is 9.11. The van der Waals surface area contributed by atoms with E-state index in [2.05, 4.69) is 15.9 Å². The van der Waals surface area contributed by atoms with E-state index < -0.39 is 12.4 Å². The molecule has 0 bridgehead atoms. The molecule has 0 aliphatic carbocycles. The van der Waals surface area contributed by atoms with Crippen molar-refractivity contribution in [2.45, 2.75) is 18.8 Å². The van der Waals surface area contributed by atoms with E-state index in [0.717, 1.165) is 4.47 Å². The molecule has 0 spiro atoms. The van der Waals surface area contributed by atoms with Gasteiger partial charge in [-0.3, -0.25) is 0 Å². The molecule has 1 unspecified atom stereocenters. The number of methoxy groups -OCH3 is 2. The molecule has 5 heteroatoms.